The lowest BCUT2D eigenvalue weighted by molar-refractivity contribution is -0.481. The molecule has 1 atom stereocenters. The molecular formula is C20H17N3O2. The van der Waals surface area contributed by atoms with Gasteiger partial charge in [0, 0.05) is 33.8 Å². The lowest BCUT2D eigenvalue weighted by Gasteiger charge is -2.15. The second-order valence-electron chi connectivity index (χ2n) is 6.04. The molecule has 0 aliphatic carbocycles. The quantitative estimate of drug-likeness (QED) is 0.415. The van der Waals surface area contributed by atoms with Crippen molar-refractivity contribution < 1.29 is 4.92 Å². The molecule has 0 amide bonds. The molecule has 1 unspecified atom stereocenters. The minimum Gasteiger partial charge on any atom is -0.367 e. The third-order valence-electron chi connectivity index (χ3n) is 4.51. The van der Waals surface area contributed by atoms with Gasteiger partial charge in [0.25, 0.3) is 0 Å². The molecular weight excluding hydrogens is 314 g/mol. The molecule has 0 bridgehead atoms. The second-order valence-corrected chi connectivity index (χ2v) is 6.04. The summed E-state index contributed by atoms with van der Waals surface area (Å²) in [6.45, 7) is -0.150. The van der Waals surface area contributed by atoms with E-state index in [-0.39, 0.29) is 17.4 Å². The zero-order chi connectivity index (χ0) is 17.2. The van der Waals surface area contributed by atoms with E-state index in [0.717, 1.165) is 33.3 Å². The molecule has 5 heteroatoms. The van der Waals surface area contributed by atoms with Crippen LogP contribution in [-0.4, -0.2) is 21.4 Å². The van der Waals surface area contributed by atoms with Gasteiger partial charge in [-0.15, -0.1) is 0 Å². The topological polar surface area (TPSA) is 74.7 Å². The van der Waals surface area contributed by atoms with Crippen molar-refractivity contribution in [3.05, 3.63) is 94.3 Å². The number of aromatic amines is 2. The van der Waals surface area contributed by atoms with Crippen LogP contribution in [0.3, 0.4) is 0 Å². The molecule has 2 N–H and O–H groups in total. The van der Waals surface area contributed by atoms with Gasteiger partial charge in [-0.25, -0.2) is 0 Å². The fourth-order valence-corrected chi connectivity index (χ4v) is 3.43. The van der Waals surface area contributed by atoms with Crippen LogP contribution in [0.15, 0.2) is 73.1 Å². The van der Waals surface area contributed by atoms with Crippen molar-refractivity contribution in [2.24, 2.45) is 0 Å². The van der Waals surface area contributed by atoms with Gasteiger partial charge in [-0.05, 0) is 23.3 Å². The van der Waals surface area contributed by atoms with Gasteiger partial charge in [-0.3, -0.25) is 10.1 Å². The van der Waals surface area contributed by atoms with Gasteiger partial charge in [0.15, 0.2) is 0 Å². The molecule has 25 heavy (non-hydrogen) atoms. The SMILES string of the molecule is O=[N+]([O-])CC(c1ccccc1)c1c(-c2cc[nH]c2)[nH]c2ccccc12. The summed E-state index contributed by atoms with van der Waals surface area (Å²) < 4.78 is 0. The van der Waals surface area contributed by atoms with Crippen LogP contribution in [-0.2, 0) is 0 Å². The number of nitrogens with zero attached hydrogens (tertiary/aromatic N) is 1. The molecule has 0 saturated heterocycles. The fraction of sp³-hybridized carbons (Fsp3) is 0.100. The van der Waals surface area contributed by atoms with Crippen molar-refractivity contribution in [1.29, 1.82) is 0 Å². The van der Waals surface area contributed by atoms with E-state index in [1.54, 1.807) is 0 Å². The number of para-hydroxylation sites is 1. The minimum absolute atomic E-state index is 0.150. The van der Waals surface area contributed by atoms with Gasteiger partial charge in [-0.1, -0.05) is 48.5 Å². The Morgan fingerprint density at radius 2 is 1.76 bits per heavy atom. The molecule has 124 valence electrons. The Kier molecular flexibility index (Phi) is 3.82. The summed E-state index contributed by atoms with van der Waals surface area (Å²) in [6, 6.07) is 19.6. The van der Waals surface area contributed by atoms with Gasteiger partial charge in [-0.2, -0.15) is 0 Å². The highest BCUT2D eigenvalue weighted by Crippen LogP contribution is 2.38. The van der Waals surface area contributed by atoms with Crippen LogP contribution in [0.25, 0.3) is 22.2 Å². The Morgan fingerprint density at radius 3 is 2.48 bits per heavy atom. The molecule has 0 saturated carbocycles. The van der Waals surface area contributed by atoms with E-state index in [9.17, 15) is 10.1 Å². The highest BCUT2D eigenvalue weighted by molar-refractivity contribution is 5.91. The maximum Gasteiger partial charge on any atom is 0.214 e. The first kappa shape index (κ1) is 15.2. The van der Waals surface area contributed by atoms with Crippen LogP contribution in [0.5, 0.6) is 0 Å². The van der Waals surface area contributed by atoms with Crippen molar-refractivity contribution in [2.45, 2.75) is 5.92 Å². The standard InChI is InChI=1S/C20H17N3O2/c24-23(25)13-17(14-6-2-1-3-7-14)19-16-8-4-5-9-18(16)22-20(19)15-10-11-21-12-15/h1-12,17,21-22H,13H2. The molecule has 4 rings (SSSR count). The van der Waals surface area contributed by atoms with Gasteiger partial charge in [0.05, 0.1) is 11.6 Å². The minimum atomic E-state index is -0.322. The van der Waals surface area contributed by atoms with Crippen molar-refractivity contribution >= 4 is 10.9 Å². The van der Waals surface area contributed by atoms with E-state index >= 15 is 0 Å². The van der Waals surface area contributed by atoms with Gasteiger partial charge in [0.2, 0.25) is 6.54 Å². The summed E-state index contributed by atoms with van der Waals surface area (Å²) in [6.07, 6.45) is 3.76. The van der Waals surface area contributed by atoms with E-state index in [1.165, 1.54) is 0 Å². The molecule has 0 radical (unpaired) electrons. The molecule has 4 aromatic rings. The number of nitrogens with one attached hydrogen (secondary N) is 2. The molecule has 0 spiro atoms. The van der Waals surface area contributed by atoms with Crippen molar-refractivity contribution in [2.75, 3.05) is 6.54 Å². The fourth-order valence-electron chi connectivity index (χ4n) is 3.43. The van der Waals surface area contributed by atoms with E-state index < -0.39 is 0 Å². The summed E-state index contributed by atoms with van der Waals surface area (Å²) in [5.74, 6) is -0.322. The number of hydrogen-bond donors (Lipinski definition) is 2. The highest BCUT2D eigenvalue weighted by Gasteiger charge is 2.27. The summed E-state index contributed by atoms with van der Waals surface area (Å²) in [5, 5.41) is 12.4. The molecule has 0 aliphatic heterocycles. The Balaban J connectivity index is 1.99. The Morgan fingerprint density at radius 1 is 1.00 bits per heavy atom. The molecule has 2 heterocycles. The van der Waals surface area contributed by atoms with Crippen LogP contribution in [0.4, 0.5) is 0 Å². The normalized spacial score (nSPS) is 12.3. The molecule has 2 aromatic heterocycles. The Bertz CT molecular complexity index is 1000. The lowest BCUT2D eigenvalue weighted by Crippen LogP contribution is -2.14. The van der Waals surface area contributed by atoms with E-state index in [4.69, 9.17) is 0 Å². The number of hydrogen-bond acceptors (Lipinski definition) is 2. The number of nitro groups is 1. The average Bonchev–Trinajstić information content (AvgIpc) is 3.28. The summed E-state index contributed by atoms with van der Waals surface area (Å²) >= 11 is 0. The largest absolute Gasteiger partial charge is 0.367 e. The van der Waals surface area contributed by atoms with Crippen molar-refractivity contribution in [3.8, 4) is 11.3 Å². The van der Waals surface area contributed by atoms with Crippen LogP contribution in [0, 0.1) is 10.1 Å². The first-order chi connectivity index (χ1) is 12.2. The monoisotopic (exact) mass is 331 g/mol. The number of H-pyrrole nitrogens is 2. The zero-order valence-electron chi connectivity index (χ0n) is 13.5. The summed E-state index contributed by atoms with van der Waals surface area (Å²) in [7, 11) is 0. The number of fused-ring (bicyclic) bond motifs is 1. The molecule has 5 nitrogen and oxygen atoms in total. The summed E-state index contributed by atoms with van der Waals surface area (Å²) in [5.41, 5.74) is 4.82. The summed E-state index contributed by atoms with van der Waals surface area (Å²) in [4.78, 5) is 17.7. The maximum absolute atomic E-state index is 11.4. The van der Waals surface area contributed by atoms with Crippen molar-refractivity contribution in [3.63, 3.8) is 0 Å². The van der Waals surface area contributed by atoms with E-state index in [2.05, 4.69) is 9.97 Å². The van der Waals surface area contributed by atoms with Gasteiger partial charge < -0.3 is 9.97 Å². The predicted molar refractivity (Wildman–Crippen MR) is 98.2 cm³/mol. The van der Waals surface area contributed by atoms with Crippen LogP contribution >= 0.6 is 0 Å². The van der Waals surface area contributed by atoms with Gasteiger partial charge >= 0.3 is 0 Å². The highest BCUT2D eigenvalue weighted by atomic mass is 16.6. The first-order valence-corrected chi connectivity index (χ1v) is 8.14. The predicted octanol–water partition coefficient (Wildman–Crippen LogP) is 4.57. The van der Waals surface area contributed by atoms with Crippen molar-refractivity contribution in [1.82, 2.24) is 9.97 Å². The third kappa shape index (κ3) is 2.80. The first-order valence-electron chi connectivity index (χ1n) is 8.14. The second kappa shape index (κ2) is 6.28. The van der Waals surface area contributed by atoms with E-state index in [0.29, 0.717) is 0 Å². The van der Waals surface area contributed by atoms with Crippen LogP contribution < -0.4 is 0 Å². The smallest absolute Gasteiger partial charge is 0.214 e. The number of rotatable bonds is 5. The van der Waals surface area contributed by atoms with Gasteiger partial charge in [0.1, 0.15) is 0 Å². The Labute approximate surface area is 144 Å². The number of aromatic nitrogens is 2. The average molecular weight is 331 g/mol. The molecule has 2 aromatic carbocycles. The maximum atomic E-state index is 11.4. The molecule has 0 fully saturated rings. The number of benzene rings is 2. The van der Waals surface area contributed by atoms with Crippen LogP contribution in [0.1, 0.15) is 17.0 Å². The van der Waals surface area contributed by atoms with Crippen LogP contribution in [0.2, 0.25) is 0 Å². The lowest BCUT2D eigenvalue weighted by atomic mass is 9.88. The molecule has 0 aliphatic rings. The van der Waals surface area contributed by atoms with E-state index in [1.807, 2.05) is 73.1 Å². The third-order valence-corrected chi connectivity index (χ3v) is 4.51. The Hall–Kier alpha value is -3.34. The zero-order valence-corrected chi connectivity index (χ0v) is 13.5.